The van der Waals surface area contributed by atoms with E-state index in [1.807, 2.05) is 48.5 Å². The fourth-order valence-corrected chi connectivity index (χ4v) is 3.27. The van der Waals surface area contributed by atoms with Gasteiger partial charge in [0.1, 0.15) is 0 Å². The van der Waals surface area contributed by atoms with Crippen LogP contribution in [0.2, 0.25) is 5.02 Å². The van der Waals surface area contributed by atoms with Crippen LogP contribution in [0, 0.1) is 0 Å². The van der Waals surface area contributed by atoms with Crippen molar-refractivity contribution in [2.24, 2.45) is 0 Å². The minimum absolute atomic E-state index is 0.504. The van der Waals surface area contributed by atoms with E-state index in [4.69, 9.17) is 16.0 Å². The Labute approximate surface area is 139 Å². The molecule has 0 aliphatic rings. The maximum Gasteiger partial charge on any atom is 0.277 e. The van der Waals surface area contributed by atoms with Crippen LogP contribution in [-0.4, -0.2) is 10.2 Å². The number of benzene rings is 2. The molecule has 0 bridgehead atoms. The van der Waals surface area contributed by atoms with Gasteiger partial charge in [-0.2, -0.15) is 0 Å². The van der Waals surface area contributed by atoms with Crippen LogP contribution < -0.4 is 0 Å². The van der Waals surface area contributed by atoms with Gasteiger partial charge in [-0.05, 0) is 39.7 Å². The lowest BCUT2D eigenvalue weighted by Gasteiger charge is -2.00. The monoisotopic (exact) mass is 380 g/mol. The van der Waals surface area contributed by atoms with Crippen molar-refractivity contribution in [1.82, 2.24) is 10.2 Å². The predicted octanol–water partition coefficient (Wildman–Crippen LogP) is 5.44. The molecule has 0 saturated carbocycles. The second kappa shape index (κ2) is 6.64. The summed E-state index contributed by atoms with van der Waals surface area (Å²) in [6, 6.07) is 15.5. The van der Waals surface area contributed by atoms with Crippen LogP contribution in [0.15, 0.2) is 62.6 Å². The Morgan fingerprint density at radius 3 is 2.62 bits per heavy atom. The van der Waals surface area contributed by atoms with E-state index in [1.54, 1.807) is 0 Å². The quantitative estimate of drug-likeness (QED) is 0.564. The maximum absolute atomic E-state index is 6.13. The minimum atomic E-state index is 0.504. The first kappa shape index (κ1) is 14.6. The Bertz CT molecular complexity index is 763. The van der Waals surface area contributed by atoms with Crippen molar-refractivity contribution < 1.29 is 4.42 Å². The van der Waals surface area contributed by atoms with Crippen LogP contribution in [0.4, 0.5) is 0 Å². The number of rotatable bonds is 4. The molecule has 0 aliphatic heterocycles. The van der Waals surface area contributed by atoms with Crippen molar-refractivity contribution in [3.63, 3.8) is 0 Å². The molecule has 3 rings (SSSR count). The molecule has 0 radical (unpaired) electrons. The van der Waals surface area contributed by atoms with Crippen LogP contribution >= 0.6 is 39.3 Å². The van der Waals surface area contributed by atoms with Crippen molar-refractivity contribution in [1.29, 1.82) is 0 Å². The van der Waals surface area contributed by atoms with Crippen LogP contribution in [0.5, 0.6) is 0 Å². The summed E-state index contributed by atoms with van der Waals surface area (Å²) < 4.78 is 6.61. The van der Waals surface area contributed by atoms with Gasteiger partial charge >= 0.3 is 0 Å². The molecule has 0 amide bonds. The predicted molar refractivity (Wildman–Crippen MR) is 88.4 cm³/mol. The molecular formula is C15H10BrClN2OS. The molecule has 1 heterocycles. The van der Waals surface area contributed by atoms with E-state index in [-0.39, 0.29) is 0 Å². The zero-order valence-corrected chi connectivity index (χ0v) is 14.0. The number of hydrogen-bond acceptors (Lipinski definition) is 4. The molecule has 0 saturated heterocycles. The SMILES string of the molecule is Clc1ccccc1CSc1nnc(-c2ccccc2Br)o1. The molecule has 3 aromatic rings. The first-order valence-electron chi connectivity index (χ1n) is 6.18. The summed E-state index contributed by atoms with van der Waals surface area (Å²) in [5.41, 5.74) is 1.93. The summed E-state index contributed by atoms with van der Waals surface area (Å²) in [6.45, 7) is 0. The van der Waals surface area contributed by atoms with E-state index >= 15 is 0 Å². The zero-order valence-electron chi connectivity index (χ0n) is 10.8. The fraction of sp³-hybridized carbons (Fsp3) is 0.0667. The lowest BCUT2D eigenvalue weighted by Crippen LogP contribution is -1.81. The summed E-state index contributed by atoms with van der Waals surface area (Å²) in [7, 11) is 0. The van der Waals surface area contributed by atoms with E-state index < -0.39 is 0 Å². The number of aromatic nitrogens is 2. The van der Waals surface area contributed by atoms with Crippen LogP contribution in [0.1, 0.15) is 5.56 Å². The first-order valence-corrected chi connectivity index (χ1v) is 8.34. The van der Waals surface area contributed by atoms with Gasteiger partial charge in [-0.25, -0.2) is 0 Å². The highest BCUT2D eigenvalue weighted by Crippen LogP contribution is 2.31. The summed E-state index contributed by atoms with van der Waals surface area (Å²) >= 11 is 11.1. The largest absolute Gasteiger partial charge is 0.411 e. The molecule has 2 aromatic carbocycles. The lowest BCUT2D eigenvalue weighted by molar-refractivity contribution is 0.465. The van der Waals surface area contributed by atoms with Gasteiger partial charge in [0.05, 0.1) is 5.56 Å². The number of thioether (sulfide) groups is 1. The molecule has 3 nitrogen and oxygen atoms in total. The van der Waals surface area contributed by atoms with Gasteiger partial charge < -0.3 is 4.42 Å². The van der Waals surface area contributed by atoms with Crippen molar-refractivity contribution in [2.75, 3.05) is 0 Å². The van der Waals surface area contributed by atoms with E-state index in [9.17, 15) is 0 Å². The molecule has 0 unspecified atom stereocenters. The normalized spacial score (nSPS) is 10.8. The summed E-state index contributed by atoms with van der Waals surface area (Å²) in [4.78, 5) is 0. The Kier molecular flexibility index (Phi) is 4.63. The van der Waals surface area contributed by atoms with Gasteiger partial charge in [0.15, 0.2) is 0 Å². The Hall–Kier alpha value is -1.30. The highest BCUT2D eigenvalue weighted by atomic mass is 79.9. The average molecular weight is 382 g/mol. The Morgan fingerprint density at radius 2 is 1.81 bits per heavy atom. The van der Waals surface area contributed by atoms with Crippen molar-refractivity contribution in [3.05, 3.63) is 63.6 Å². The molecule has 0 aliphatic carbocycles. The number of hydrogen-bond donors (Lipinski definition) is 0. The summed E-state index contributed by atoms with van der Waals surface area (Å²) in [6.07, 6.45) is 0. The average Bonchev–Trinajstić information content (AvgIpc) is 2.96. The van der Waals surface area contributed by atoms with Gasteiger partial charge in [-0.3, -0.25) is 0 Å². The van der Waals surface area contributed by atoms with Crippen LogP contribution in [0.3, 0.4) is 0 Å². The Morgan fingerprint density at radius 1 is 1.05 bits per heavy atom. The standard InChI is InChI=1S/C15H10BrClN2OS/c16-12-7-3-2-6-11(12)14-18-19-15(20-14)21-9-10-5-1-4-8-13(10)17/h1-8H,9H2. The van der Waals surface area contributed by atoms with E-state index in [2.05, 4.69) is 26.1 Å². The van der Waals surface area contributed by atoms with Gasteiger partial charge in [0.2, 0.25) is 5.89 Å². The van der Waals surface area contributed by atoms with Crippen molar-refractivity contribution >= 4 is 39.3 Å². The van der Waals surface area contributed by atoms with Crippen LogP contribution in [-0.2, 0) is 5.75 Å². The number of nitrogens with zero attached hydrogens (tertiary/aromatic N) is 2. The first-order chi connectivity index (χ1) is 10.2. The molecule has 106 valence electrons. The molecule has 0 atom stereocenters. The maximum atomic E-state index is 6.13. The highest BCUT2D eigenvalue weighted by Gasteiger charge is 2.12. The topological polar surface area (TPSA) is 38.9 Å². The molecule has 6 heteroatoms. The summed E-state index contributed by atoms with van der Waals surface area (Å²) in [5.74, 6) is 1.20. The van der Waals surface area contributed by atoms with E-state index in [0.29, 0.717) is 16.9 Å². The molecule has 0 spiro atoms. The zero-order chi connectivity index (χ0) is 14.7. The van der Waals surface area contributed by atoms with Gasteiger partial charge in [-0.15, -0.1) is 10.2 Å². The second-order valence-electron chi connectivity index (χ2n) is 4.23. The van der Waals surface area contributed by atoms with E-state index in [1.165, 1.54) is 11.8 Å². The van der Waals surface area contributed by atoms with Crippen molar-refractivity contribution in [3.8, 4) is 11.5 Å². The minimum Gasteiger partial charge on any atom is -0.411 e. The third-order valence-corrected chi connectivity index (χ3v) is 4.75. The van der Waals surface area contributed by atoms with Gasteiger partial charge in [0.25, 0.3) is 5.22 Å². The Balaban J connectivity index is 1.74. The third kappa shape index (κ3) is 3.48. The highest BCUT2D eigenvalue weighted by molar-refractivity contribution is 9.10. The molecule has 0 fully saturated rings. The lowest BCUT2D eigenvalue weighted by atomic mass is 10.2. The third-order valence-electron chi connectivity index (χ3n) is 2.82. The summed E-state index contributed by atoms with van der Waals surface area (Å²) in [5, 5.41) is 9.42. The fourth-order valence-electron chi connectivity index (χ4n) is 1.77. The number of halogens is 2. The molecule has 1 aromatic heterocycles. The van der Waals surface area contributed by atoms with Crippen LogP contribution in [0.25, 0.3) is 11.5 Å². The molecular weight excluding hydrogens is 372 g/mol. The van der Waals surface area contributed by atoms with E-state index in [0.717, 1.165) is 20.6 Å². The van der Waals surface area contributed by atoms with Crippen molar-refractivity contribution in [2.45, 2.75) is 11.0 Å². The smallest absolute Gasteiger partial charge is 0.277 e. The molecule has 21 heavy (non-hydrogen) atoms. The van der Waals surface area contributed by atoms with Gasteiger partial charge in [0, 0.05) is 15.2 Å². The van der Waals surface area contributed by atoms with Gasteiger partial charge in [-0.1, -0.05) is 53.7 Å². The second-order valence-corrected chi connectivity index (χ2v) is 6.42. The molecule has 0 N–H and O–H groups in total.